The molecular formula is C17H19FN2O2. The fourth-order valence-corrected chi connectivity index (χ4v) is 2.24. The first-order chi connectivity index (χ1) is 10.5. The predicted octanol–water partition coefficient (Wildman–Crippen LogP) is 2.09. The number of nitrogens with zero attached hydrogens (tertiary/aromatic N) is 1. The van der Waals surface area contributed by atoms with Gasteiger partial charge in [-0.3, -0.25) is 9.69 Å². The highest BCUT2D eigenvalue weighted by atomic mass is 19.1. The van der Waals surface area contributed by atoms with Crippen LogP contribution in [0, 0.1) is 5.82 Å². The maximum absolute atomic E-state index is 12.9. The summed E-state index contributed by atoms with van der Waals surface area (Å²) in [6.07, 6.45) is -0.685. The summed E-state index contributed by atoms with van der Waals surface area (Å²) in [7, 11) is 1.88. The second kappa shape index (κ2) is 7.15. The number of hydrogen-bond acceptors (Lipinski definition) is 3. The van der Waals surface area contributed by atoms with Gasteiger partial charge < -0.3 is 10.8 Å². The lowest BCUT2D eigenvalue weighted by Crippen LogP contribution is -2.24. The Bertz CT molecular complexity index is 626. The molecule has 2 aromatic rings. The zero-order chi connectivity index (χ0) is 16.1. The smallest absolute Gasteiger partial charge is 0.248 e. The van der Waals surface area contributed by atoms with E-state index >= 15 is 0 Å². The molecule has 0 aliphatic carbocycles. The minimum absolute atomic E-state index is 0.321. The molecule has 0 aromatic heterocycles. The Morgan fingerprint density at radius 1 is 1.18 bits per heavy atom. The van der Waals surface area contributed by atoms with Crippen LogP contribution in [0.2, 0.25) is 0 Å². The van der Waals surface area contributed by atoms with Crippen LogP contribution in [0.5, 0.6) is 0 Å². The summed E-state index contributed by atoms with van der Waals surface area (Å²) in [6.45, 7) is 1.04. The lowest BCUT2D eigenvalue weighted by atomic mass is 10.1. The number of aliphatic hydroxyl groups excluding tert-OH is 1. The van der Waals surface area contributed by atoms with Crippen LogP contribution in [-0.4, -0.2) is 29.5 Å². The maximum atomic E-state index is 12.9. The van der Waals surface area contributed by atoms with Gasteiger partial charge in [0.25, 0.3) is 0 Å². The highest BCUT2D eigenvalue weighted by Crippen LogP contribution is 2.15. The number of aliphatic hydroxyl groups is 1. The molecule has 0 unspecified atom stereocenters. The van der Waals surface area contributed by atoms with E-state index in [4.69, 9.17) is 5.73 Å². The van der Waals surface area contributed by atoms with Crippen LogP contribution in [0.25, 0.3) is 0 Å². The number of hydrogen-bond donors (Lipinski definition) is 2. The molecule has 0 fully saturated rings. The van der Waals surface area contributed by atoms with Gasteiger partial charge >= 0.3 is 0 Å². The first kappa shape index (κ1) is 16.1. The summed E-state index contributed by atoms with van der Waals surface area (Å²) in [6, 6.07) is 12.9. The highest BCUT2D eigenvalue weighted by molar-refractivity contribution is 5.92. The van der Waals surface area contributed by atoms with Crippen molar-refractivity contribution in [3.63, 3.8) is 0 Å². The molecule has 0 aliphatic heterocycles. The van der Waals surface area contributed by atoms with Crippen molar-refractivity contribution >= 4 is 5.91 Å². The molecule has 0 bridgehead atoms. The molecule has 0 saturated carbocycles. The van der Waals surface area contributed by atoms with Gasteiger partial charge in [-0.2, -0.15) is 0 Å². The SMILES string of the molecule is CN(Cc1ccc(C(N)=O)cc1)C[C@H](O)c1ccc(F)cc1. The first-order valence-corrected chi connectivity index (χ1v) is 6.96. The van der Waals surface area contributed by atoms with Gasteiger partial charge in [0.2, 0.25) is 5.91 Å². The second-order valence-electron chi connectivity index (χ2n) is 5.33. The number of carbonyl (C=O) groups excluding carboxylic acids is 1. The third kappa shape index (κ3) is 4.38. The Labute approximate surface area is 129 Å². The molecule has 1 amide bonds. The molecule has 0 spiro atoms. The van der Waals surface area contributed by atoms with Crippen LogP contribution in [-0.2, 0) is 6.54 Å². The second-order valence-corrected chi connectivity index (χ2v) is 5.33. The maximum Gasteiger partial charge on any atom is 0.248 e. The Kier molecular flexibility index (Phi) is 5.25. The summed E-state index contributed by atoms with van der Waals surface area (Å²) in [5, 5.41) is 10.2. The third-order valence-electron chi connectivity index (χ3n) is 3.43. The first-order valence-electron chi connectivity index (χ1n) is 6.96. The van der Waals surface area contributed by atoms with Gasteiger partial charge in [0.1, 0.15) is 5.82 Å². The number of amides is 1. The average Bonchev–Trinajstić information content (AvgIpc) is 2.48. The Morgan fingerprint density at radius 2 is 1.77 bits per heavy atom. The quantitative estimate of drug-likeness (QED) is 0.858. The standard InChI is InChI=1S/C17H19FN2O2/c1-20(10-12-2-4-14(5-3-12)17(19)22)11-16(21)13-6-8-15(18)9-7-13/h2-9,16,21H,10-11H2,1H3,(H2,19,22)/t16-/m0/s1. The van der Waals surface area contributed by atoms with E-state index in [1.807, 2.05) is 24.1 Å². The van der Waals surface area contributed by atoms with Gasteiger partial charge in [-0.15, -0.1) is 0 Å². The Hall–Kier alpha value is -2.24. The number of primary amides is 1. The summed E-state index contributed by atoms with van der Waals surface area (Å²) in [5.74, 6) is -0.773. The molecule has 3 N–H and O–H groups in total. The van der Waals surface area contributed by atoms with E-state index in [1.54, 1.807) is 24.3 Å². The molecule has 0 heterocycles. The molecule has 22 heavy (non-hydrogen) atoms. The molecule has 116 valence electrons. The van der Waals surface area contributed by atoms with E-state index in [0.29, 0.717) is 24.2 Å². The summed E-state index contributed by atoms with van der Waals surface area (Å²) < 4.78 is 12.9. The third-order valence-corrected chi connectivity index (χ3v) is 3.43. The van der Waals surface area contributed by atoms with E-state index in [9.17, 15) is 14.3 Å². The van der Waals surface area contributed by atoms with Crippen LogP contribution in [0.3, 0.4) is 0 Å². The molecule has 0 aliphatic rings. The number of halogens is 1. The summed E-state index contributed by atoms with van der Waals surface area (Å²) in [5.41, 5.74) is 7.36. The minimum atomic E-state index is -0.685. The van der Waals surface area contributed by atoms with Crippen LogP contribution in [0.15, 0.2) is 48.5 Å². The van der Waals surface area contributed by atoms with Crippen molar-refractivity contribution in [2.24, 2.45) is 5.73 Å². The number of benzene rings is 2. The predicted molar refractivity (Wildman–Crippen MR) is 82.7 cm³/mol. The van der Waals surface area contributed by atoms with Gasteiger partial charge in [0.05, 0.1) is 6.10 Å². The number of likely N-dealkylation sites (N-methyl/N-ethyl adjacent to an activating group) is 1. The fourth-order valence-electron chi connectivity index (χ4n) is 2.24. The molecule has 0 radical (unpaired) electrons. The normalized spacial score (nSPS) is 12.4. The van der Waals surface area contributed by atoms with E-state index in [0.717, 1.165) is 5.56 Å². The monoisotopic (exact) mass is 302 g/mol. The number of carbonyl (C=O) groups is 1. The lowest BCUT2D eigenvalue weighted by Gasteiger charge is -2.21. The molecule has 1 atom stereocenters. The Balaban J connectivity index is 1.93. The van der Waals surface area contributed by atoms with Gasteiger partial charge in [-0.05, 0) is 42.4 Å². The van der Waals surface area contributed by atoms with Crippen molar-refractivity contribution < 1.29 is 14.3 Å². The highest BCUT2D eigenvalue weighted by Gasteiger charge is 2.11. The van der Waals surface area contributed by atoms with Crippen molar-refractivity contribution in [3.05, 3.63) is 71.0 Å². The van der Waals surface area contributed by atoms with Gasteiger partial charge in [-0.1, -0.05) is 24.3 Å². The van der Waals surface area contributed by atoms with Crippen molar-refractivity contribution in [2.45, 2.75) is 12.6 Å². The van der Waals surface area contributed by atoms with Crippen LogP contribution >= 0.6 is 0 Å². The zero-order valence-electron chi connectivity index (χ0n) is 12.4. The molecule has 4 nitrogen and oxygen atoms in total. The average molecular weight is 302 g/mol. The number of rotatable bonds is 6. The van der Waals surface area contributed by atoms with Crippen molar-refractivity contribution in [3.8, 4) is 0 Å². The van der Waals surface area contributed by atoms with E-state index in [2.05, 4.69) is 0 Å². The van der Waals surface area contributed by atoms with Gasteiger partial charge in [-0.25, -0.2) is 4.39 Å². The minimum Gasteiger partial charge on any atom is -0.387 e. The van der Waals surface area contributed by atoms with Crippen LogP contribution < -0.4 is 5.73 Å². The molecule has 0 saturated heterocycles. The van der Waals surface area contributed by atoms with E-state index < -0.39 is 12.0 Å². The van der Waals surface area contributed by atoms with Crippen LogP contribution in [0.4, 0.5) is 4.39 Å². The van der Waals surface area contributed by atoms with Crippen molar-refractivity contribution in [1.82, 2.24) is 4.90 Å². The van der Waals surface area contributed by atoms with E-state index in [1.165, 1.54) is 12.1 Å². The lowest BCUT2D eigenvalue weighted by molar-refractivity contribution is 0.100. The van der Waals surface area contributed by atoms with Gasteiger partial charge in [0, 0.05) is 18.7 Å². The Morgan fingerprint density at radius 3 is 2.32 bits per heavy atom. The van der Waals surface area contributed by atoms with Crippen molar-refractivity contribution in [2.75, 3.05) is 13.6 Å². The van der Waals surface area contributed by atoms with E-state index in [-0.39, 0.29) is 5.82 Å². The van der Waals surface area contributed by atoms with Gasteiger partial charge in [0.15, 0.2) is 0 Å². The van der Waals surface area contributed by atoms with Crippen molar-refractivity contribution in [1.29, 1.82) is 0 Å². The fraction of sp³-hybridized carbons (Fsp3) is 0.235. The zero-order valence-corrected chi connectivity index (χ0v) is 12.4. The summed E-state index contributed by atoms with van der Waals surface area (Å²) in [4.78, 5) is 13.0. The summed E-state index contributed by atoms with van der Waals surface area (Å²) >= 11 is 0. The molecule has 5 heteroatoms. The molecule has 2 rings (SSSR count). The van der Waals surface area contributed by atoms with Crippen LogP contribution in [0.1, 0.15) is 27.6 Å². The number of nitrogens with two attached hydrogens (primary N) is 1. The molecule has 2 aromatic carbocycles. The topological polar surface area (TPSA) is 66.6 Å². The largest absolute Gasteiger partial charge is 0.387 e. The molecular weight excluding hydrogens is 283 g/mol.